The lowest BCUT2D eigenvalue weighted by Crippen LogP contribution is -2.25. The molecule has 0 unspecified atom stereocenters. The predicted octanol–water partition coefficient (Wildman–Crippen LogP) is 5.98. The number of nitrogens with zero attached hydrogens (tertiary/aromatic N) is 1. The van der Waals surface area contributed by atoms with E-state index in [0.29, 0.717) is 15.2 Å². The summed E-state index contributed by atoms with van der Waals surface area (Å²) < 4.78 is 0.949. The molecule has 0 radical (unpaired) electrons. The van der Waals surface area contributed by atoms with Gasteiger partial charge in [-0.05, 0) is 41.8 Å². The van der Waals surface area contributed by atoms with Gasteiger partial charge in [0.2, 0.25) is 5.91 Å². The number of amides is 1. The van der Waals surface area contributed by atoms with Gasteiger partial charge in [-0.2, -0.15) is 0 Å². The molecule has 1 aromatic heterocycles. The van der Waals surface area contributed by atoms with Crippen molar-refractivity contribution in [2.75, 3.05) is 5.32 Å². The molecule has 0 aliphatic carbocycles. The summed E-state index contributed by atoms with van der Waals surface area (Å²) in [6, 6.07) is 12.9. The molecule has 124 valence electrons. The van der Waals surface area contributed by atoms with Gasteiger partial charge in [0.1, 0.15) is 0 Å². The van der Waals surface area contributed by atoms with Crippen molar-refractivity contribution in [2.24, 2.45) is 5.92 Å². The smallest absolute Gasteiger partial charge is 0.233 e. The average molecular weight is 379 g/mol. The van der Waals surface area contributed by atoms with E-state index in [1.165, 1.54) is 11.3 Å². The minimum absolute atomic E-state index is 0.0718. The highest BCUT2D eigenvalue weighted by atomic mass is 35.5. The van der Waals surface area contributed by atoms with Gasteiger partial charge in [0, 0.05) is 10.0 Å². The Labute approximate surface area is 154 Å². The first kappa shape index (κ1) is 17.2. The molecule has 1 N–H and O–H groups in total. The average Bonchev–Trinajstić information content (AvgIpc) is 2.90. The first-order chi connectivity index (χ1) is 11.4. The van der Waals surface area contributed by atoms with E-state index in [-0.39, 0.29) is 17.7 Å². The Balaban J connectivity index is 1.85. The number of benzene rings is 2. The van der Waals surface area contributed by atoms with Gasteiger partial charge in [-0.15, -0.1) is 0 Å². The summed E-state index contributed by atoms with van der Waals surface area (Å²) >= 11 is 13.4. The van der Waals surface area contributed by atoms with E-state index >= 15 is 0 Å². The molecule has 1 amide bonds. The SMILES string of the molecule is CC(C)[C@H](C(=O)Nc1nc2ccc(Cl)cc2s1)c1ccc(Cl)cc1. The van der Waals surface area contributed by atoms with Gasteiger partial charge < -0.3 is 5.32 Å². The fourth-order valence-electron chi connectivity index (χ4n) is 2.64. The van der Waals surface area contributed by atoms with E-state index in [4.69, 9.17) is 23.2 Å². The van der Waals surface area contributed by atoms with E-state index in [2.05, 4.69) is 10.3 Å². The lowest BCUT2D eigenvalue weighted by molar-refractivity contribution is -0.118. The van der Waals surface area contributed by atoms with Gasteiger partial charge in [0.25, 0.3) is 0 Å². The van der Waals surface area contributed by atoms with Crippen molar-refractivity contribution in [1.82, 2.24) is 4.98 Å². The topological polar surface area (TPSA) is 42.0 Å². The third kappa shape index (κ3) is 3.72. The molecule has 3 rings (SSSR count). The molecule has 24 heavy (non-hydrogen) atoms. The molecule has 0 spiro atoms. The number of anilines is 1. The van der Waals surface area contributed by atoms with Crippen molar-refractivity contribution in [3.63, 3.8) is 0 Å². The summed E-state index contributed by atoms with van der Waals surface area (Å²) in [5.41, 5.74) is 1.77. The molecule has 3 aromatic rings. The first-order valence-corrected chi connectivity index (χ1v) is 9.13. The van der Waals surface area contributed by atoms with Crippen molar-refractivity contribution in [3.05, 3.63) is 58.1 Å². The fraction of sp³-hybridized carbons (Fsp3) is 0.222. The van der Waals surface area contributed by atoms with E-state index < -0.39 is 0 Å². The number of hydrogen-bond donors (Lipinski definition) is 1. The van der Waals surface area contributed by atoms with Gasteiger partial charge >= 0.3 is 0 Å². The van der Waals surface area contributed by atoms with Crippen LogP contribution in [0.3, 0.4) is 0 Å². The van der Waals surface area contributed by atoms with Crippen molar-refractivity contribution in [1.29, 1.82) is 0 Å². The molecule has 0 bridgehead atoms. The van der Waals surface area contributed by atoms with Crippen molar-refractivity contribution in [2.45, 2.75) is 19.8 Å². The number of carbonyl (C=O) groups is 1. The molecular weight excluding hydrogens is 363 g/mol. The molecule has 1 atom stereocenters. The zero-order valence-electron chi connectivity index (χ0n) is 13.2. The molecule has 0 saturated carbocycles. The molecule has 0 saturated heterocycles. The largest absolute Gasteiger partial charge is 0.301 e. The molecule has 1 heterocycles. The summed E-state index contributed by atoms with van der Waals surface area (Å²) in [5, 5.41) is 4.83. The third-order valence-electron chi connectivity index (χ3n) is 3.76. The van der Waals surface area contributed by atoms with Crippen LogP contribution in [-0.4, -0.2) is 10.9 Å². The number of fused-ring (bicyclic) bond motifs is 1. The standard InChI is InChI=1S/C18H16Cl2N2OS/c1-10(2)16(11-3-5-12(19)6-4-11)17(23)22-18-21-14-8-7-13(20)9-15(14)24-18/h3-10,16H,1-2H3,(H,21,22,23)/t16-/m0/s1. The number of hydrogen-bond acceptors (Lipinski definition) is 3. The van der Waals surface area contributed by atoms with Crippen LogP contribution in [0, 0.1) is 5.92 Å². The van der Waals surface area contributed by atoms with Crippen LogP contribution in [0.25, 0.3) is 10.2 Å². The van der Waals surface area contributed by atoms with Crippen LogP contribution >= 0.6 is 34.5 Å². The molecule has 0 fully saturated rings. The summed E-state index contributed by atoms with van der Waals surface area (Å²) in [5.74, 6) is -0.189. The zero-order valence-corrected chi connectivity index (χ0v) is 15.5. The Hall–Kier alpha value is -1.62. The summed E-state index contributed by atoms with van der Waals surface area (Å²) in [6.45, 7) is 4.05. The second-order valence-electron chi connectivity index (χ2n) is 5.89. The second-order valence-corrected chi connectivity index (χ2v) is 7.80. The van der Waals surface area contributed by atoms with Crippen LogP contribution in [-0.2, 0) is 4.79 Å². The normalized spacial score (nSPS) is 12.5. The monoisotopic (exact) mass is 378 g/mol. The number of aromatic nitrogens is 1. The molecular formula is C18H16Cl2N2OS. The van der Waals surface area contributed by atoms with Crippen molar-refractivity contribution >= 4 is 55.8 Å². The summed E-state index contributed by atoms with van der Waals surface area (Å²) in [6.07, 6.45) is 0. The number of nitrogens with one attached hydrogen (secondary N) is 1. The van der Waals surface area contributed by atoms with Crippen LogP contribution < -0.4 is 5.32 Å². The molecule has 3 nitrogen and oxygen atoms in total. The number of halogens is 2. The Bertz CT molecular complexity index is 874. The van der Waals surface area contributed by atoms with Crippen LogP contribution in [0.2, 0.25) is 10.0 Å². The maximum Gasteiger partial charge on any atom is 0.233 e. The lowest BCUT2D eigenvalue weighted by atomic mass is 9.88. The van der Waals surface area contributed by atoms with Crippen LogP contribution in [0.15, 0.2) is 42.5 Å². The summed E-state index contributed by atoms with van der Waals surface area (Å²) in [4.78, 5) is 17.2. The molecule has 0 aliphatic rings. The highest BCUT2D eigenvalue weighted by Crippen LogP contribution is 2.31. The van der Waals surface area contributed by atoms with Crippen LogP contribution in [0.1, 0.15) is 25.3 Å². The Morgan fingerprint density at radius 3 is 2.42 bits per heavy atom. The van der Waals surface area contributed by atoms with Crippen molar-refractivity contribution < 1.29 is 4.79 Å². The first-order valence-electron chi connectivity index (χ1n) is 7.56. The third-order valence-corrected chi connectivity index (χ3v) is 5.18. The van der Waals surface area contributed by atoms with Crippen LogP contribution in [0.5, 0.6) is 0 Å². The molecule has 2 aromatic carbocycles. The van der Waals surface area contributed by atoms with Gasteiger partial charge in [0.15, 0.2) is 5.13 Å². The fourth-order valence-corrected chi connectivity index (χ4v) is 3.92. The van der Waals surface area contributed by atoms with Crippen LogP contribution in [0.4, 0.5) is 5.13 Å². The zero-order chi connectivity index (χ0) is 17.3. The Morgan fingerprint density at radius 1 is 1.08 bits per heavy atom. The van der Waals surface area contributed by atoms with E-state index in [1.54, 1.807) is 18.2 Å². The van der Waals surface area contributed by atoms with E-state index in [1.807, 2.05) is 38.1 Å². The second kappa shape index (κ2) is 7.09. The van der Waals surface area contributed by atoms with E-state index in [9.17, 15) is 4.79 Å². The van der Waals surface area contributed by atoms with Gasteiger partial charge in [-0.1, -0.05) is 60.5 Å². The highest BCUT2D eigenvalue weighted by molar-refractivity contribution is 7.22. The maximum absolute atomic E-state index is 12.8. The quantitative estimate of drug-likeness (QED) is 0.606. The number of thiazole rings is 1. The van der Waals surface area contributed by atoms with Crippen molar-refractivity contribution in [3.8, 4) is 0 Å². The van der Waals surface area contributed by atoms with Gasteiger partial charge in [0.05, 0.1) is 16.1 Å². The Kier molecular flexibility index (Phi) is 5.09. The van der Waals surface area contributed by atoms with Gasteiger partial charge in [-0.25, -0.2) is 4.98 Å². The van der Waals surface area contributed by atoms with E-state index in [0.717, 1.165) is 15.8 Å². The minimum atomic E-state index is -0.266. The Morgan fingerprint density at radius 2 is 1.75 bits per heavy atom. The minimum Gasteiger partial charge on any atom is -0.301 e. The number of rotatable bonds is 4. The maximum atomic E-state index is 12.8. The summed E-state index contributed by atoms with van der Waals surface area (Å²) in [7, 11) is 0. The lowest BCUT2D eigenvalue weighted by Gasteiger charge is -2.20. The molecule has 0 aliphatic heterocycles. The number of carbonyl (C=O) groups excluding carboxylic acids is 1. The van der Waals surface area contributed by atoms with Gasteiger partial charge in [-0.3, -0.25) is 4.79 Å². The molecule has 6 heteroatoms. The predicted molar refractivity (Wildman–Crippen MR) is 102 cm³/mol. The highest BCUT2D eigenvalue weighted by Gasteiger charge is 2.25.